The summed E-state index contributed by atoms with van der Waals surface area (Å²) in [5, 5.41) is 9.98. The van der Waals surface area contributed by atoms with Crippen molar-refractivity contribution in [3.05, 3.63) is 29.8 Å². The van der Waals surface area contributed by atoms with E-state index in [-0.39, 0.29) is 17.9 Å². The van der Waals surface area contributed by atoms with Gasteiger partial charge in [-0.15, -0.1) is 11.8 Å². The van der Waals surface area contributed by atoms with Gasteiger partial charge in [0.25, 0.3) is 0 Å². The number of fused-ring (bicyclic) bond motifs is 2. The standard InChI is InChI=1S/C16H19NO2S/c18-14-6-5-10-7-17(8-12(10)14)16(19)13-9-20-15-4-2-1-3-11(13)15/h1-4,10,12-14,18H,5-9H2. The predicted octanol–water partition coefficient (Wildman–Crippen LogP) is 2.11. The zero-order chi connectivity index (χ0) is 13.7. The van der Waals surface area contributed by atoms with E-state index in [1.54, 1.807) is 11.8 Å². The zero-order valence-electron chi connectivity index (χ0n) is 11.4. The van der Waals surface area contributed by atoms with Crippen LogP contribution in [0.25, 0.3) is 0 Å². The predicted molar refractivity (Wildman–Crippen MR) is 78.7 cm³/mol. The Kier molecular flexibility index (Phi) is 3.04. The highest BCUT2D eigenvalue weighted by molar-refractivity contribution is 7.99. The lowest BCUT2D eigenvalue weighted by atomic mass is 9.99. The molecule has 4 heteroatoms. The van der Waals surface area contributed by atoms with Crippen molar-refractivity contribution in [2.24, 2.45) is 11.8 Å². The first-order chi connectivity index (χ1) is 9.74. The van der Waals surface area contributed by atoms with Crippen LogP contribution in [0.3, 0.4) is 0 Å². The van der Waals surface area contributed by atoms with Crippen LogP contribution in [0.15, 0.2) is 29.2 Å². The number of amides is 1. The largest absolute Gasteiger partial charge is 0.393 e. The summed E-state index contributed by atoms with van der Waals surface area (Å²) >= 11 is 1.79. The highest BCUT2D eigenvalue weighted by Crippen LogP contribution is 2.43. The molecule has 1 aromatic rings. The number of rotatable bonds is 1. The molecule has 20 heavy (non-hydrogen) atoms. The molecule has 2 heterocycles. The van der Waals surface area contributed by atoms with E-state index < -0.39 is 0 Å². The number of carbonyl (C=O) groups excluding carboxylic acids is 1. The molecule has 3 nitrogen and oxygen atoms in total. The van der Waals surface area contributed by atoms with Crippen LogP contribution >= 0.6 is 11.8 Å². The van der Waals surface area contributed by atoms with Gasteiger partial charge in [-0.2, -0.15) is 0 Å². The average Bonchev–Trinajstić information content (AvgIpc) is 3.14. The molecule has 3 aliphatic rings. The van der Waals surface area contributed by atoms with Crippen molar-refractivity contribution >= 4 is 17.7 Å². The van der Waals surface area contributed by atoms with Crippen LogP contribution in [0.4, 0.5) is 0 Å². The molecule has 1 aromatic carbocycles. The number of thioether (sulfide) groups is 1. The van der Waals surface area contributed by atoms with Gasteiger partial charge in [0.05, 0.1) is 12.0 Å². The molecule has 1 aliphatic carbocycles. The van der Waals surface area contributed by atoms with Crippen molar-refractivity contribution in [2.45, 2.75) is 29.8 Å². The maximum Gasteiger partial charge on any atom is 0.231 e. The second kappa shape index (κ2) is 4.78. The van der Waals surface area contributed by atoms with Crippen LogP contribution in [0.1, 0.15) is 24.3 Å². The molecule has 106 valence electrons. The highest BCUT2D eigenvalue weighted by atomic mass is 32.2. The van der Waals surface area contributed by atoms with Gasteiger partial charge in [0.2, 0.25) is 5.91 Å². The van der Waals surface area contributed by atoms with Crippen LogP contribution in [0.5, 0.6) is 0 Å². The van der Waals surface area contributed by atoms with Gasteiger partial charge in [-0.05, 0) is 30.4 Å². The van der Waals surface area contributed by atoms with Gasteiger partial charge < -0.3 is 10.0 Å². The molecule has 1 amide bonds. The average molecular weight is 289 g/mol. The lowest BCUT2D eigenvalue weighted by Gasteiger charge is -2.22. The lowest BCUT2D eigenvalue weighted by molar-refractivity contribution is -0.131. The van der Waals surface area contributed by atoms with Crippen LogP contribution < -0.4 is 0 Å². The molecule has 4 atom stereocenters. The van der Waals surface area contributed by atoms with E-state index in [1.165, 1.54) is 10.5 Å². The molecule has 0 aromatic heterocycles. The summed E-state index contributed by atoms with van der Waals surface area (Å²) in [4.78, 5) is 16.0. The third-order valence-electron chi connectivity index (χ3n) is 5.13. The smallest absolute Gasteiger partial charge is 0.231 e. The molecule has 4 rings (SSSR count). The summed E-state index contributed by atoms with van der Waals surface area (Å²) in [6.45, 7) is 1.61. The van der Waals surface area contributed by atoms with E-state index >= 15 is 0 Å². The molecular weight excluding hydrogens is 270 g/mol. The Morgan fingerprint density at radius 1 is 1.25 bits per heavy atom. The Labute approximate surface area is 123 Å². The fourth-order valence-corrected chi connectivity index (χ4v) is 5.22. The van der Waals surface area contributed by atoms with E-state index in [2.05, 4.69) is 12.1 Å². The van der Waals surface area contributed by atoms with Crippen molar-refractivity contribution in [3.63, 3.8) is 0 Å². The summed E-state index contributed by atoms with van der Waals surface area (Å²) in [5.74, 6) is 2.00. The maximum atomic E-state index is 12.8. The van der Waals surface area contributed by atoms with Crippen molar-refractivity contribution in [2.75, 3.05) is 18.8 Å². The molecule has 1 saturated heterocycles. The SMILES string of the molecule is O=C(C1CSc2ccccc21)N1CC2CCC(O)C2C1. The van der Waals surface area contributed by atoms with Crippen molar-refractivity contribution in [3.8, 4) is 0 Å². The highest BCUT2D eigenvalue weighted by Gasteiger charge is 2.45. The van der Waals surface area contributed by atoms with E-state index in [0.717, 1.165) is 31.7 Å². The monoisotopic (exact) mass is 289 g/mol. The van der Waals surface area contributed by atoms with Crippen molar-refractivity contribution in [1.29, 1.82) is 0 Å². The normalized spacial score (nSPS) is 35.1. The zero-order valence-corrected chi connectivity index (χ0v) is 12.2. The molecule has 2 aliphatic heterocycles. The minimum atomic E-state index is -0.192. The van der Waals surface area contributed by atoms with Gasteiger partial charge >= 0.3 is 0 Å². The Morgan fingerprint density at radius 2 is 2.10 bits per heavy atom. The summed E-state index contributed by atoms with van der Waals surface area (Å²) in [7, 11) is 0. The van der Waals surface area contributed by atoms with Crippen molar-refractivity contribution in [1.82, 2.24) is 4.90 Å². The van der Waals surface area contributed by atoms with Crippen LogP contribution in [0.2, 0.25) is 0 Å². The number of carbonyl (C=O) groups is 1. The van der Waals surface area contributed by atoms with Crippen molar-refractivity contribution < 1.29 is 9.90 Å². The number of aliphatic hydroxyl groups excluding tert-OH is 1. The Balaban J connectivity index is 1.52. The second-order valence-corrected chi connectivity index (χ2v) is 7.28. The van der Waals surface area contributed by atoms with E-state index in [4.69, 9.17) is 0 Å². The Morgan fingerprint density at radius 3 is 2.95 bits per heavy atom. The van der Waals surface area contributed by atoms with Gasteiger partial charge in [0.15, 0.2) is 0 Å². The number of hydrogen-bond acceptors (Lipinski definition) is 3. The summed E-state index contributed by atoms with van der Waals surface area (Å²) in [5.41, 5.74) is 1.19. The molecule has 1 N–H and O–H groups in total. The second-order valence-electron chi connectivity index (χ2n) is 6.21. The maximum absolute atomic E-state index is 12.8. The van der Waals surface area contributed by atoms with Gasteiger partial charge in [-0.3, -0.25) is 4.79 Å². The molecule has 2 fully saturated rings. The van der Waals surface area contributed by atoms with E-state index in [0.29, 0.717) is 11.8 Å². The third-order valence-corrected chi connectivity index (χ3v) is 6.31. The van der Waals surface area contributed by atoms with Gasteiger partial charge in [0, 0.05) is 29.7 Å². The van der Waals surface area contributed by atoms with Gasteiger partial charge in [-0.25, -0.2) is 0 Å². The lowest BCUT2D eigenvalue weighted by Crippen LogP contribution is -2.35. The van der Waals surface area contributed by atoms with Crippen LogP contribution in [-0.2, 0) is 4.79 Å². The quantitative estimate of drug-likeness (QED) is 0.861. The third kappa shape index (κ3) is 1.89. The topological polar surface area (TPSA) is 40.5 Å². The number of hydrogen-bond donors (Lipinski definition) is 1. The molecular formula is C16H19NO2S. The van der Waals surface area contributed by atoms with Crippen LogP contribution in [-0.4, -0.2) is 40.9 Å². The first-order valence-electron chi connectivity index (χ1n) is 7.42. The fraction of sp³-hybridized carbons (Fsp3) is 0.562. The number of nitrogens with zero attached hydrogens (tertiary/aromatic N) is 1. The molecule has 1 saturated carbocycles. The number of likely N-dealkylation sites (tertiary alicyclic amines) is 1. The summed E-state index contributed by atoms with van der Waals surface area (Å²) in [6.07, 6.45) is 1.80. The van der Waals surface area contributed by atoms with E-state index in [9.17, 15) is 9.90 Å². The Bertz CT molecular complexity index is 547. The first kappa shape index (κ1) is 12.7. The minimum absolute atomic E-state index is 0.0205. The Hall–Kier alpha value is -1.00. The van der Waals surface area contributed by atoms with Gasteiger partial charge in [0.1, 0.15) is 0 Å². The summed E-state index contributed by atoms with van der Waals surface area (Å²) in [6, 6.07) is 8.25. The molecule has 0 spiro atoms. The van der Waals surface area contributed by atoms with E-state index in [1.807, 2.05) is 17.0 Å². The molecule has 0 bridgehead atoms. The molecule has 0 radical (unpaired) electrons. The summed E-state index contributed by atoms with van der Waals surface area (Å²) < 4.78 is 0. The number of benzene rings is 1. The fourth-order valence-electron chi connectivity index (χ4n) is 4.00. The first-order valence-corrected chi connectivity index (χ1v) is 8.41. The number of aliphatic hydroxyl groups is 1. The molecule has 4 unspecified atom stereocenters. The van der Waals surface area contributed by atoms with Crippen LogP contribution in [0, 0.1) is 11.8 Å². The van der Waals surface area contributed by atoms with Gasteiger partial charge in [-0.1, -0.05) is 18.2 Å². The minimum Gasteiger partial charge on any atom is -0.393 e.